The molecule has 0 heterocycles. The molecule has 0 saturated heterocycles. The van der Waals surface area contributed by atoms with Crippen molar-refractivity contribution in [1.82, 2.24) is 0 Å². The molecule has 0 aliphatic heterocycles. The number of hydrogen-bond donors (Lipinski definition) is 0. The molecule has 1 nitrogen and oxygen atoms in total. The van der Waals surface area contributed by atoms with Crippen molar-refractivity contribution in [3.05, 3.63) is 64.4 Å². The average Bonchev–Trinajstić information content (AvgIpc) is 2.38. The highest BCUT2D eigenvalue weighted by Gasteiger charge is 2.08. The Bertz CT molecular complexity index is 561. The molecule has 2 rings (SSSR count). The minimum Gasteiger partial charge on any atom is -0.489 e. The zero-order valence-electron chi connectivity index (χ0n) is 11.7. The van der Waals surface area contributed by atoms with Crippen LogP contribution in [0.2, 0.25) is 5.02 Å². The second-order valence-corrected chi connectivity index (χ2v) is 5.64. The van der Waals surface area contributed by atoms with E-state index in [1.54, 1.807) is 12.1 Å². The summed E-state index contributed by atoms with van der Waals surface area (Å²) in [6, 6.07) is 12.5. The van der Waals surface area contributed by atoms with E-state index in [1.165, 1.54) is 11.6 Å². The maximum absolute atomic E-state index is 13.6. The summed E-state index contributed by atoms with van der Waals surface area (Å²) in [5, 5.41) is 0.392. The van der Waals surface area contributed by atoms with Crippen molar-refractivity contribution >= 4 is 11.6 Å². The van der Waals surface area contributed by atoms with Crippen molar-refractivity contribution in [3.8, 4) is 5.75 Å². The SMILES string of the molecule is CC(C)Cc1cccc(OCc2c(F)cccc2Cl)c1. The molecule has 3 heteroatoms. The highest BCUT2D eigenvalue weighted by atomic mass is 35.5. The molecule has 2 aromatic rings. The van der Waals surface area contributed by atoms with Crippen LogP contribution in [0.5, 0.6) is 5.75 Å². The number of rotatable bonds is 5. The van der Waals surface area contributed by atoms with Gasteiger partial charge in [-0.2, -0.15) is 0 Å². The van der Waals surface area contributed by atoms with E-state index >= 15 is 0 Å². The average molecular weight is 293 g/mol. The first-order valence-electron chi connectivity index (χ1n) is 6.71. The summed E-state index contributed by atoms with van der Waals surface area (Å²) in [6.45, 7) is 4.48. The van der Waals surface area contributed by atoms with Gasteiger partial charge in [0.05, 0.1) is 5.02 Å². The molecule has 0 amide bonds. The summed E-state index contributed by atoms with van der Waals surface area (Å²) in [5.74, 6) is 0.990. The largest absolute Gasteiger partial charge is 0.489 e. The van der Waals surface area contributed by atoms with Crippen LogP contribution >= 0.6 is 11.6 Å². The summed E-state index contributed by atoms with van der Waals surface area (Å²) in [6.07, 6.45) is 0.998. The van der Waals surface area contributed by atoms with Gasteiger partial charge in [-0.05, 0) is 42.2 Å². The zero-order chi connectivity index (χ0) is 14.5. The molecular weight excluding hydrogens is 275 g/mol. The molecule has 0 spiro atoms. The molecule has 0 fully saturated rings. The molecule has 0 aromatic heterocycles. The van der Waals surface area contributed by atoms with Gasteiger partial charge in [0.1, 0.15) is 18.2 Å². The van der Waals surface area contributed by atoms with Crippen molar-refractivity contribution in [3.63, 3.8) is 0 Å². The smallest absolute Gasteiger partial charge is 0.131 e. The molecule has 0 radical (unpaired) electrons. The van der Waals surface area contributed by atoms with E-state index in [0.29, 0.717) is 16.5 Å². The Morgan fingerprint density at radius 2 is 1.90 bits per heavy atom. The molecule has 0 aliphatic rings. The molecule has 0 bridgehead atoms. The monoisotopic (exact) mass is 292 g/mol. The van der Waals surface area contributed by atoms with Crippen LogP contribution in [-0.4, -0.2) is 0 Å². The lowest BCUT2D eigenvalue weighted by Crippen LogP contribution is -2.00. The van der Waals surface area contributed by atoms with Crippen LogP contribution in [0.4, 0.5) is 4.39 Å². The van der Waals surface area contributed by atoms with Gasteiger partial charge in [-0.3, -0.25) is 0 Å². The predicted octanol–water partition coefficient (Wildman–Crippen LogP) is 5.26. The minimum absolute atomic E-state index is 0.136. The van der Waals surface area contributed by atoms with Crippen LogP contribution in [0.25, 0.3) is 0 Å². The molecule has 20 heavy (non-hydrogen) atoms. The lowest BCUT2D eigenvalue weighted by Gasteiger charge is -2.11. The Balaban J connectivity index is 2.07. The topological polar surface area (TPSA) is 9.23 Å². The normalized spacial score (nSPS) is 10.8. The van der Waals surface area contributed by atoms with Crippen LogP contribution in [0.3, 0.4) is 0 Å². The van der Waals surface area contributed by atoms with E-state index in [2.05, 4.69) is 19.9 Å². The third-order valence-corrected chi connectivity index (χ3v) is 3.34. The molecular formula is C17H18ClFO. The van der Waals surface area contributed by atoms with Crippen LogP contribution in [0.15, 0.2) is 42.5 Å². The molecule has 0 atom stereocenters. The van der Waals surface area contributed by atoms with Crippen molar-refractivity contribution in [2.45, 2.75) is 26.9 Å². The number of halogens is 2. The second-order valence-electron chi connectivity index (χ2n) is 5.23. The van der Waals surface area contributed by atoms with Gasteiger partial charge in [0, 0.05) is 5.56 Å². The van der Waals surface area contributed by atoms with Crippen LogP contribution in [-0.2, 0) is 13.0 Å². The zero-order valence-corrected chi connectivity index (χ0v) is 12.5. The van der Waals surface area contributed by atoms with Gasteiger partial charge in [0.25, 0.3) is 0 Å². The van der Waals surface area contributed by atoms with Gasteiger partial charge in [-0.25, -0.2) is 4.39 Å². The van der Waals surface area contributed by atoms with Crippen LogP contribution < -0.4 is 4.74 Å². The van der Waals surface area contributed by atoms with Crippen molar-refractivity contribution in [1.29, 1.82) is 0 Å². The first-order valence-corrected chi connectivity index (χ1v) is 7.08. The lowest BCUT2D eigenvalue weighted by atomic mass is 10.0. The summed E-state index contributed by atoms with van der Waals surface area (Å²) >= 11 is 5.98. The highest BCUT2D eigenvalue weighted by molar-refractivity contribution is 6.31. The second kappa shape index (κ2) is 6.76. The third-order valence-electron chi connectivity index (χ3n) is 2.99. The van der Waals surface area contributed by atoms with Crippen LogP contribution in [0, 0.1) is 11.7 Å². The summed E-state index contributed by atoms with van der Waals surface area (Å²) in [7, 11) is 0. The van der Waals surface area contributed by atoms with Crippen molar-refractivity contribution in [2.24, 2.45) is 5.92 Å². The summed E-state index contributed by atoms with van der Waals surface area (Å²) in [5.41, 5.74) is 1.61. The van der Waals surface area contributed by atoms with Crippen LogP contribution in [0.1, 0.15) is 25.0 Å². The maximum atomic E-state index is 13.6. The highest BCUT2D eigenvalue weighted by Crippen LogP contribution is 2.22. The van der Waals surface area contributed by atoms with Gasteiger partial charge in [0.2, 0.25) is 0 Å². The standard InChI is InChI=1S/C17H18ClFO/c1-12(2)9-13-5-3-6-14(10-13)20-11-15-16(18)7-4-8-17(15)19/h3-8,10,12H,9,11H2,1-2H3. The Kier molecular flexibility index (Phi) is 5.02. The third kappa shape index (κ3) is 3.97. The van der Waals surface area contributed by atoms with Gasteiger partial charge >= 0.3 is 0 Å². The fourth-order valence-electron chi connectivity index (χ4n) is 2.06. The fourth-order valence-corrected chi connectivity index (χ4v) is 2.28. The Morgan fingerprint density at radius 1 is 1.15 bits per heavy atom. The van der Waals surface area contributed by atoms with Gasteiger partial charge in [-0.15, -0.1) is 0 Å². The molecule has 0 aliphatic carbocycles. The number of ether oxygens (including phenoxy) is 1. The first-order chi connectivity index (χ1) is 9.56. The Labute approximate surface area is 124 Å². The van der Waals surface area contributed by atoms with E-state index in [9.17, 15) is 4.39 Å². The minimum atomic E-state index is -0.337. The number of benzene rings is 2. The Hall–Kier alpha value is -1.54. The number of hydrogen-bond acceptors (Lipinski definition) is 1. The summed E-state index contributed by atoms with van der Waals surface area (Å²) < 4.78 is 19.3. The molecule has 0 N–H and O–H groups in total. The van der Waals surface area contributed by atoms with Gasteiger partial charge in [-0.1, -0.05) is 43.6 Å². The van der Waals surface area contributed by atoms with E-state index < -0.39 is 0 Å². The lowest BCUT2D eigenvalue weighted by molar-refractivity contribution is 0.299. The first kappa shape index (κ1) is 14.9. The summed E-state index contributed by atoms with van der Waals surface area (Å²) in [4.78, 5) is 0. The van der Waals surface area contributed by atoms with E-state index in [0.717, 1.165) is 12.2 Å². The molecule has 106 valence electrons. The Morgan fingerprint density at radius 3 is 2.60 bits per heavy atom. The van der Waals surface area contributed by atoms with Gasteiger partial charge < -0.3 is 4.74 Å². The molecule has 0 saturated carbocycles. The molecule has 0 unspecified atom stereocenters. The fraction of sp³-hybridized carbons (Fsp3) is 0.294. The van der Waals surface area contributed by atoms with Crippen molar-refractivity contribution < 1.29 is 9.13 Å². The predicted molar refractivity (Wildman–Crippen MR) is 80.7 cm³/mol. The quantitative estimate of drug-likeness (QED) is 0.730. The van der Waals surface area contributed by atoms with Gasteiger partial charge in [0.15, 0.2) is 0 Å². The van der Waals surface area contributed by atoms with E-state index in [1.807, 2.05) is 18.2 Å². The maximum Gasteiger partial charge on any atom is 0.131 e. The van der Waals surface area contributed by atoms with Crippen molar-refractivity contribution in [2.75, 3.05) is 0 Å². The van der Waals surface area contributed by atoms with E-state index in [4.69, 9.17) is 16.3 Å². The molecule has 2 aromatic carbocycles. The van der Waals surface area contributed by atoms with E-state index in [-0.39, 0.29) is 12.4 Å².